The first-order chi connectivity index (χ1) is 56.2. The van der Waals surface area contributed by atoms with E-state index in [2.05, 4.69) is 391 Å². The van der Waals surface area contributed by atoms with Crippen LogP contribution in [0.3, 0.4) is 0 Å². The van der Waals surface area contributed by atoms with Crippen LogP contribution >= 0.6 is 0 Å². The highest BCUT2D eigenvalue weighted by atomic mass is 15.0. The zero-order chi connectivity index (χ0) is 82.0. The molecule has 0 spiro atoms. The fraction of sp³-hybridized carbons (Fsp3) is 0.216. The summed E-state index contributed by atoms with van der Waals surface area (Å²) in [4.78, 5) is 23.6. The van der Waals surface area contributed by atoms with Gasteiger partial charge in [0.1, 0.15) is 63.5 Å². The van der Waals surface area contributed by atoms with Crippen LogP contribution in [-0.4, -0.2) is 46.9 Å². The number of nitrogens with zero attached hydrogens (tertiary/aromatic N) is 15. The molecule has 0 saturated carbocycles. The number of rotatable bonds is 7. The number of hydrogen-bond acceptors (Lipinski definition) is 5. The first-order valence-corrected chi connectivity index (χ1v) is 40.5. The van der Waals surface area contributed by atoms with E-state index >= 15 is 0 Å². The van der Waals surface area contributed by atoms with E-state index in [9.17, 15) is 0 Å². The number of hydrogen-bond donors (Lipinski definition) is 0. The maximum atomic E-state index is 4.76. The lowest BCUT2D eigenvalue weighted by atomic mass is 9.88. The van der Waals surface area contributed by atoms with Crippen LogP contribution in [0.2, 0.25) is 0 Å². The molecule has 0 amide bonds. The van der Waals surface area contributed by atoms with Gasteiger partial charge in [-0.25, -0.2) is 47.8 Å². The lowest BCUT2D eigenvalue weighted by Crippen LogP contribution is -2.31. The van der Waals surface area contributed by atoms with Crippen LogP contribution in [0.1, 0.15) is 102 Å². The van der Waals surface area contributed by atoms with E-state index in [1.54, 1.807) is 0 Å². The molecule has 15 aromatic heterocycles. The largest absolute Gasteiger partial charge is 0.299 e. The average molecular weight is 1540 g/mol. The Bertz CT molecular complexity index is 7250. The Kier molecular flexibility index (Phi) is 20.8. The van der Waals surface area contributed by atoms with Gasteiger partial charge in [-0.3, -0.25) is 22.0 Å². The van der Waals surface area contributed by atoms with E-state index in [0.29, 0.717) is 5.92 Å². The van der Waals surface area contributed by atoms with E-state index in [-0.39, 0.29) is 5.41 Å². The summed E-state index contributed by atoms with van der Waals surface area (Å²) in [5, 5.41) is 0. The van der Waals surface area contributed by atoms with Crippen molar-refractivity contribution in [3.05, 3.63) is 329 Å². The van der Waals surface area contributed by atoms with Crippen LogP contribution in [0.4, 0.5) is 0 Å². The van der Waals surface area contributed by atoms with E-state index in [1.165, 1.54) is 145 Å². The van der Waals surface area contributed by atoms with Crippen molar-refractivity contribution in [2.75, 3.05) is 0 Å². The molecule has 0 radical (unpaired) electrons. The van der Waals surface area contributed by atoms with Crippen molar-refractivity contribution in [3.8, 4) is 56.3 Å². The maximum absolute atomic E-state index is 4.76. The second-order valence-corrected chi connectivity index (χ2v) is 33.2. The molecular weight excluding hydrogens is 1440 g/mol. The molecule has 0 atom stereocenters. The minimum absolute atomic E-state index is 0.276. The Labute approximate surface area is 684 Å². The Hall–Kier alpha value is -13.4. The molecule has 0 saturated heterocycles. The first-order valence-electron chi connectivity index (χ1n) is 40.5. The summed E-state index contributed by atoms with van der Waals surface area (Å²) >= 11 is 0. The number of pyridine rings is 10. The normalized spacial score (nSPS) is 11.7. The first kappa shape index (κ1) is 77.5. The molecule has 0 aliphatic heterocycles. The molecule has 15 nitrogen and oxygen atoms in total. The number of benzene rings is 5. The molecule has 15 heterocycles. The summed E-state index contributed by atoms with van der Waals surface area (Å²) in [7, 11) is 10.5. The van der Waals surface area contributed by atoms with Crippen molar-refractivity contribution in [1.82, 2.24) is 46.9 Å². The molecule has 117 heavy (non-hydrogen) atoms. The Morgan fingerprint density at radius 2 is 0.624 bits per heavy atom. The molecule has 0 unspecified atom stereocenters. The highest BCUT2D eigenvalue weighted by molar-refractivity contribution is 5.93. The fourth-order valence-corrected chi connectivity index (χ4v) is 16.9. The van der Waals surface area contributed by atoms with Gasteiger partial charge >= 0.3 is 0 Å². The highest BCUT2D eigenvalue weighted by Gasteiger charge is 2.25. The monoisotopic (exact) mass is 1540 g/mol. The molecule has 20 aromatic rings. The minimum atomic E-state index is 0.276. The van der Waals surface area contributed by atoms with Crippen LogP contribution in [-0.2, 0) is 41.7 Å². The van der Waals surface area contributed by atoms with E-state index in [0.717, 1.165) is 62.2 Å². The van der Waals surface area contributed by atoms with Crippen molar-refractivity contribution in [3.63, 3.8) is 0 Å². The Morgan fingerprint density at radius 1 is 0.299 bits per heavy atom. The van der Waals surface area contributed by atoms with Crippen LogP contribution < -0.4 is 22.8 Å². The Balaban J connectivity index is 0.000000110. The van der Waals surface area contributed by atoms with Gasteiger partial charge in [0.25, 0.3) is 0 Å². The van der Waals surface area contributed by atoms with Crippen molar-refractivity contribution >= 4 is 83.4 Å². The van der Waals surface area contributed by atoms with Gasteiger partial charge in [0.15, 0.2) is 31.0 Å². The summed E-state index contributed by atoms with van der Waals surface area (Å²) in [5.74, 6) is 0.518. The number of aromatic nitrogens is 15. The second kappa shape index (κ2) is 31.4. The molecule has 0 aliphatic rings. The smallest absolute Gasteiger partial charge is 0.212 e. The fourth-order valence-electron chi connectivity index (χ4n) is 16.9. The number of aryl methyl sites for hydroxylation is 14. The van der Waals surface area contributed by atoms with Gasteiger partial charge in [-0.1, -0.05) is 65.0 Å². The molecule has 0 aliphatic carbocycles. The second-order valence-electron chi connectivity index (χ2n) is 33.2. The molecule has 5 aromatic carbocycles. The van der Waals surface area contributed by atoms with Gasteiger partial charge in [-0.05, 0) is 258 Å². The van der Waals surface area contributed by atoms with Gasteiger partial charge in [0.05, 0.1) is 83.0 Å². The van der Waals surface area contributed by atoms with Crippen LogP contribution in [0.15, 0.2) is 268 Å². The van der Waals surface area contributed by atoms with Crippen molar-refractivity contribution in [1.29, 1.82) is 0 Å². The van der Waals surface area contributed by atoms with Gasteiger partial charge < -0.3 is 0 Å². The lowest BCUT2D eigenvalue weighted by Gasteiger charge is -2.18. The SMILES string of the molecule is Cc1c(-c2cc(C(C)C)cc[n+]2C)ccc2nc3ccccn3c12.Cc1c(-c2cc(CC(C)(C)C)cc[n+]2C)ccc2nc3ccccn3c12.Cc1cc(-c2ccc3nc4ccccn4c3c2C)[n+](C)cc1C.Cc1cc[n+](C)c(-c2ccc3nc4ccccn4c3c2C)c1.Cc1ccc(-c2ccc3nc4ccccn4c3c2C)[n+](C)c1. The molecule has 15 heteroatoms. The lowest BCUT2D eigenvalue weighted by molar-refractivity contribution is -0.660. The average Bonchev–Trinajstić information content (AvgIpc) is 1.63. The number of imidazole rings is 5. The predicted octanol–water partition coefficient (Wildman–Crippen LogP) is 20.4. The third kappa shape index (κ3) is 14.9. The third-order valence-corrected chi connectivity index (χ3v) is 23.1. The molecule has 582 valence electrons. The predicted molar refractivity (Wildman–Crippen MR) is 476 cm³/mol. The number of fused-ring (bicyclic) bond motifs is 15. The van der Waals surface area contributed by atoms with Crippen LogP contribution in [0.5, 0.6) is 0 Å². The van der Waals surface area contributed by atoms with Gasteiger partial charge in [0.2, 0.25) is 28.5 Å². The topological polar surface area (TPSA) is 106 Å². The van der Waals surface area contributed by atoms with E-state index in [1.807, 2.05) is 54.6 Å². The molecule has 0 fully saturated rings. The van der Waals surface area contributed by atoms with Gasteiger partial charge in [-0.2, -0.15) is 0 Å². The van der Waals surface area contributed by atoms with Crippen LogP contribution in [0, 0.1) is 67.7 Å². The summed E-state index contributed by atoms with van der Waals surface area (Å²) in [5.41, 5.74) is 43.1. The van der Waals surface area contributed by atoms with Crippen molar-refractivity contribution in [2.24, 2.45) is 40.7 Å². The molecule has 0 N–H and O–H groups in total. The minimum Gasteiger partial charge on any atom is -0.299 e. The van der Waals surface area contributed by atoms with E-state index in [4.69, 9.17) is 24.9 Å². The van der Waals surface area contributed by atoms with Crippen LogP contribution in [0.25, 0.3) is 140 Å². The van der Waals surface area contributed by atoms with Crippen molar-refractivity contribution < 1.29 is 22.8 Å². The Morgan fingerprint density at radius 3 is 0.983 bits per heavy atom. The zero-order valence-electron chi connectivity index (χ0n) is 70.9. The summed E-state index contributed by atoms with van der Waals surface area (Å²) in [6, 6.07) is 72.3. The molecule has 0 bridgehead atoms. The molecule has 20 rings (SSSR count). The highest BCUT2D eigenvalue weighted by Crippen LogP contribution is 2.36. The van der Waals surface area contributed by atoms with Gasteiger partial charge in [-0.15, -0.1) is 0 Å². The van der Waals surface area contributed by atoms with Gasteiger partial charge in [0, 0.05) is 90.6 Å². The van der Waals surface area contributed by atoms with Crippen molar-refractivity contribution in [2.45, 2.75) is 109 Å². The zero-order valence-corrected chi connectivity index (χ0v) is 70.9. The standard InChI is InChI=1S/C23H26N3.C21H22N3.C20H20N3.2C19H18N3/c1-16-18(20-14-17(11-13-25(20)5)15-23(2,3)4)9-10-19-22(16)26-12-7-6-8-21(26)24-19;1-14(2)16-10-12-23(4)19(13-16)17-8-9-18-21(15(17)3)24-11-6-5-7-20(24)22-18;1-13-11-18(22(4)12-14(13)2)16-8-9-17-20(15(16)3)23-10-6-5-7-19(23)21-17;1-13-7-10-17(21(3)12-13)15-8-9-16-19(14(15)2)22-11-5-4-6-18(22)20-16;1-13-9-11-21(3)17(12-13)15-7-8-16-19(14(15)2)22-10-5-4-6-18(22)20-16/h6-14H,15H2,1-5H3;5-14H,1-4H3;5-12H,1-4H3;2*4-12H,1-3H3/q5*+1. The quantitative estimate of drug-likeness (QED) is 0.148. The molecular formula is C102H104N15+5. The third-order valence-electron chi connectivity index (χ3n) is 23.1. The summed E-state index contributed by atoms with van der Waals surface area (Å²) in [6.07, 6.45) is 22.3. The maximum Gasteiger partial charge on any atom is 0.212 e. The summed E-state index contributed by atoms with van der Waals surface area (Å²) in [6.45, 7) is 30.8. The van der Waals surface area contributed by atoms with E-state index < -0.39 is 0 Å². The summed E-state index contributed by atoms with van der Waals surface area (Å²) < 4.78 is 21.9.